The van der Waals surface area contributed by atoms with Crippen LogP contribution in [-0.2, 0) is 4.79 Å². The summed E-state index contributed by atoms with van der Waals surface area (Å²) < 4.78 is 20.2. The van der Waals surface area contributed by atoms with E-state index in [-0.39, 0.29) is 17.3 Å². The number of nitrogens with two attached hydrogens (primary N) is 1. The fourth-order valence-corrected chi connectivity index (χ4v) is 3.01. The Morgan fingerprint density at radius 1 is 1.26 bits per heavy atom. The number of hydrogen-bond donors (Lipinski definition) is 2. The average Bonchev–Trinajstić information content (AvgIpc) is 3.03. The van der Waals surface area contributed by atoms with E-state index in [2.05, 4.69) is 15.5 Å². The first kappa shape index (κ1) is 18.7. The number of carbonyl (C=O) groups excluding carboxylic acids is 1. The number of anilines is 1. The van der Waals surface area contributed by atoms with Crippen LogP contribution < -0.4 is 15.9 Å². The average molecular weight is 387 g/mol. The lowest BCUT2D eigenvalue weighted by Gasteiger charge is -2.07. The van der Waals surface area contributed by atoms with Crippen molar-refractivity contribution in [3.63, 3.8) is 0 Å². The molecule has 140 valence electrons. The van der Waals surface area contributed by atoms with Crippen LogP contribution in [-0.4, -0.2) is 33.6 Å². The zero-order chi connectivity index (χ0) is 19.4. The summed E-state index contributed by atoms with van der Waals surface area (Å²) in [6.07, 6.45) is 0. The van der Waals surface area contributed by atoms with Crippen LogP contribution in [0.3, 0.4) is 0 Å². The second kappa shape index (κ2) is 8.09. The quantitative estimate of drug-likeness (QED) is 0.499. The number of ether oxygens (including phenoxy) is 1. The van der Waals surface area contributed by atoms with E-state index >= 15 is 0 Å². The topological polar surface area (TPSA) is 95.1 Å². The summed E-state index contributed by atoms with van der Waals surface area (Å²) >= 11 is 1.11. The lowest BCUT2D eigenvalue weighted by atomic mass is 10.2. The first-order chi connectivity index (χ1) is 13.0. The van der Waals surface area contributed by atoms with Gasteiger partial charge in [0.15, 0.2) is 5.82 Å². The fraction of sp³-hybridized carbons (Fsp3) is 0.167. The minimum atomic E-state index is -0.475. The Balaban J connectivity index is 1.64. The van der Waals surface area contributed by atoms with E-state index in [0.29, 0.717) is 11.0 Å². The number of nitrogens with zero attached hydrogens (tertiary/aromatic N) is 3. The van der Waals surface area contributed by atoms with Gasteiger partial charge in [-0.1, -0.05) is 17.8 Å². The highest BCUT2D eigenvalue weighted by molar-refractivity contribution is 7.99. The molecule has 0 atom stereocenters. The summed E-state index contributed by atoms with van der Waals surface area (Å²) in [5, 5.41) is 11.0. The van der Waals surface area contributed by atoms with Gasteiger partial charge in [0.25, 0.3) is 0 Å². The van der Waals surface area contributed by atoms with Crippen LogP contribution in [0.2, 0.25) is 0 Å². The smallest absolute Gasteiger partial charge is 0.234 e. The Hall–Kier alpha value is -3.07. The Morgan fingerprint density at radius 3 is 2.67 bits per heavy atom. The van der Waals surface area contributed by atoms with Gasteiger partial charge in [0.2, 0.25) is 11.1 Å². The molecule has 0 aliphatic heterocycles. The van der Waals surface area contributed by atoms with Crippen molar-refractivity contribution in [2.45, 2.75) is 12.1 Å². The number of rotatable bonds is 6. The first-order valence-electron chi connectivity index (χ1n) is 8.01. The highest BCUT2D eigenvalue weighted by atomic mass is 32.2. The van der Waals surface area contributed by atoms with Gasteiger partial charge >= 0.3 is 0 Å². The summed E-state index contributed by atoms with van der Waals surface area (Å²) in [4.78, 5) is 12.1. The number of methoxy groups -OCH3 is 1. The standard InChI is InChI=1S/C18H18FN5O2S/c1-11-3-8-15(14(19)9-11)21-16(25)10-27-18-23-22-17(24(18)20)12-4-6-13(26-2)7-5-12/h3-9H,10,20H2,1-2H3,(H,21,25). The molecule has 0 fully saturated rings. The third-order valence-corrected chi connectivity index (χ3v) is 4.69. The monoisotopic (exact) mass is 387 g/mol. The van der Waals surface area contributed by atoms with E-state index in [1.54, 1.807) is 32.2 Å². The molecule has 0 saturated heterocycles. The number of amides is 1. The van der Waals surface area contributed by atoms with Crippen LogP contribution in [0.1, 0.15) is 5.56 Å². The van der Waals surface area contributed by atoms with Crippen LogP contribution in [0, 0.1) is 12.7 Å². The molecule has 1 heterocycles. The van der Waals surface area contributed by atoms with Gasteiger partial charge in [-0.05, 0) is 48.9 Å². The number of thioether (sulfide) groups is 1. The van der Waals surface area contributed by atoms with E-state index in [4.69, 9.17) is 10.6 Å². The van der Waals surface area contributed by atoms with Crippen molar-refractivity contribution < 1.29 is 13.9 Å². The summed E-state index contributed by atoms with van der Waals surface area (Å²) in [6, 6.07) is 11.8. The maximum absolute atomic E-state index is 13.8. The van der Waals surface area contributed by atoms with Crippen molar-refractivity contribution in [1.29, 1.82) is 0 Å². The SMILES string of the molecule is COc1ccc(-c2nnc(SCC(=O)Nc3ccc(C)cc3F)n2N)cc1. The fourth-order valence-electron chi connectivity index (χ4n) is 2.35. The number of hydrogen-bond acceptors (Lipinski definition) is 6. The molecule has 27 heavy (non-hydrogen) atoms. The van der Waals surface area contributed by atoms with Crippen molar-refractivity contribution >= 4 is 23.4 Å². The number of nitrogen functional groups attached to an aromatic ring is 1. The highest BCUT2D eigenvalue weighted by Crippen LogP contribution is 2.24. The second-order valence-corrected chi connectivity index (χ2v) is 6.67. The molecule has 3 aromatic rings. The molecule has 1 aromatic heterocycles. The Labute approximate surface area is 159 Å². The number of aromatic nitrogens is 3. The highest BCUT2D eigenvalue weighted by Gasteiger charge is 2.14. The Kier molecular flexibility index (Phi) is 5.60. The van der Waals surface area contributed by atoms with Crippen molar-refractivity contribution in [2.75, 3.05) is 24.0 Å². The van der Waals surface area contributed by atoms with E-state index < -0.39 is 5.82 Å². The van der Waals surface area contributed by atoms with Gasteiger partial charge in [0.05, 0.1) is 18.6 Å². The van der Waals surface area contributed by atoms with Crippen LogP contribution >= 0.6 is 11.8 Å². The number of benzene rings is 2. The zero-order valence-electron chi connectivity index (χ0n) is 14.8. The van der Waals surface area contributed by atoms with Gasteiger partial charge in [-0.2, -0.15) is 0 Å². The van der Waals surface area contributed by atoms with Crippen LogP contribution in [0.5, 0.6) is 5.75 Å². The summed E-state index contributed by atoms with van der Waals surface area (Å²) in [5.74, 6) is 6.40. The lowest BCUT2D eigenvalue weighted by molar-refractivity contribution is -0.113. The molecule has 0 bridgehead atoms. The molecule has 1 amide bonds. The van der Waals surface area contributed by atoms with Crippen molar-refractivity contribution in [3.05, 3.63) is 53.8 Å². The van der Waals surface area contributed by atoms with Crippen molar-refractivity contribution in [1.82, 2.24) is 14.9 Å². The third kappa shape index (κ3) is 4.37. The van der Waals surface area contributed by atoms with Gasteiger partial charge in [-0.25, -0.2) is 9.07 Å². The molecule has 2 aromatic carbocycles. The minimum Gasteiger partial charge on any atom is -0.497 e. The van der Waals surface area contributed by atoms with Crippen molar-refractivity contribution in [3.8, 4) is 17.1 Å². The molecule has 0 unspecified atom stereocenters. The maximum atomic E-state index is 13.8. The minimum absolute atomic E-state index is 0.0191. The van der Waals surface area contributed by atoms with E-state index in [0.717, 1.165) is 28.6 Å². The molecule has 3 N–H and O–H groups in total. The lowest BCUT2D eigenvalue weighted by Crippen LogP contribution is -2.17. The van der Waals surface area contributed by atoms with Gasteiger partial charge in [0.1, 0.15) is 11.6 Å². The molecule has 9 heteroatoms. The van der Waals surface area contributed by atoms with Gasteiger partial charge in [0, 0.05) is 5.56 Å². The number of halogens is 1. The van der Waals surface area contributed by atoms with Crippen LogP contribution in [0.4, 0.5) is 10.1 Å². The van der Waals surface area contributed by atoms with Crippen LogP contribution in [0.15, 0.2) is 47.6 Å². The molecule has 0 saturated carbocycles. The predicted molar refractivity (Wildman–Crippen MR) is 103 cm³/mol. The molecular weight excluding hydrogens is 369 g/mol. The molecule has 3 rings (SSSR count). The summed E-state index contributed by atoms with van der Waals surface area (Å²) in [6.45, 7) is 1.78. The normalized spacial score (nSPS) is 10.6. The first-order valence-corrected chi connectivity index (χ1v) is 9.00. The number of aryl methyl sites for hydroxylation is 1. The van der Waals surface area contributed by atoms with E-state index in [1.807, 2.05) is 12.1 Å². The third-order valence-electron chi connectivity index (χ3n) is 3.74. The zero-order valence-corrected chi connectivity index (χ0v) is 15.6. The molecule has 7 nitrogen and oxygen atoms in total. The van der Waals surface area contributed by atoms with Crippen molar-refractivity contribution in [2.24, 2.45) is 0 Å². The van der Waals surface area contributed by atoms with E-state index in [9.17, 15) is 9.18 Å². The van der Waals surface area contributed by atoms with Crippen LogP contribution in [0.25, 0.3) is 11.4 Å². The molecule has 0 aliphatic rings. The Morgan fingerprint density at radius 2 is 2.00 bits per heavy atom. The van der Waals surface area contributed by atoms with Gasteiger partial charge in [-0.3, -0.25) is 4.79 Å². The molecular formula is C18H18FN5O2S. The van der Waals surface area contributed by atoms with E-state index in [1.165, 1.54) is 16.8 Å². The maximum Gasteiger partial charge on any atom is 0.234 e. The summed E-state index contributed by atoms with van der Waals surface area (Å²) in [5.41, 5.74) is 1.69. The molecule has 0 spiro atoms. The molecule has 0 radical (unpaired) electrons. The summed E-state index contributed by atoms with van der Waals surface area (Å²) in [7, 11) is 1.59. The number of carbonyl (C=O) groups is 1. The van der Waals surface area contributed by atoms with Gasteiger partial charge < -0.3 is 15.9 Å². The Bertz CT molecular complexity index is 959. The number of nitrogens with one attached hydrogen (secondary N) is 1. The molecule has 0 aliphatic carbocycles. The second-order valence-electron chi connectivity index (χ2n) is 5.72. The largest absolute Gasteiger partial charge is 0.497 e. The van der Waals surface area contributed by atoms with Gasteiger partial charge in [-0.15, -0.1) is 10.2 Å². The predicted octanol–water partition coefficient (Wildman–Crippen LogP) is 2.85.